The maximum atomic E-state index is 6.27. The molecule has 2 aromatic rings. The first kappa shape index (κ1) is 16.4. The van der Waals surface area contributed by atoms with Gasteiger partial charge in [0, 0.05) is 33.2 Å². The molecule has 0 saturated carbocycles. The largest absolute Gasteiger partial charge is 0.457 e. The number of nitrogens with one attached hydrogen (secondary N) is 1. The van der Waals surface area contributed by atoms with Crippen LogP contribution in [0, 0.1) is 0 Å². The van der Waals surface area contributed by atoms with E-state index in [1.165, 1.54) is 0 Å². The highest BCUT2D eigenvalue weighted by atomic mass is 35.5. The number of hydrogen-bond acceptors (Lipinski definition) is 2. The molecule has 5 heteroatoms. The van der Waals surface area contributed by atoms with Crippen LogP contribution in [0.4, 0.5) is 0 Å². The van der Waals surface area contributed by atoms with Crippen LogP contribution in [0.15, 0.2) is 36.4 Å². The molecule has 0 atom stereocenters. The topological polar surface area (TPSA) is 21.3 Å². The van der Waals surface area contributed by atoms with Gasteiger partial charge < -0.3 is 10.1 Å². The lowest BCUT2D eigenvalue weighted by Crippen LogP contribution is -2.22. The van der Waals surface area contributed by atoms with Gasteiger partial charge in [-0.3, -0.25) is 0 Å². The lowest BCUT2D eigenvalue weighted by atomic mass is 10.2. The number of benzene rings is 2. The molecule has 2 rings (SSSR count). The van der Waals surface area contributed by atoms with Crippen LogP contribution in [0.5, 0.6) is 11.5 Å². The first-order valence-electron chi connectivity index (χ1n) is 6.60. The molecule has 0 unspecified atom stereocenters. The summed E-state index contributed by atoms with van der Waals surface area (Å²) in [5, 5.41) is 5.05. The molecule has 2 aromatic carbocycles. The lowest BCUT2D eigenvalue weighted by molar-refractivity contribution is 0.469. The summed E-state index contributed by atoms with van der Waals surface area (Å²) < 4.78 is 5.89. The first-order valence-corrected chi connectivity index (χ1v) is 7.74. The maximum Gasteiger partial charge on any atom is 0.133 e. The molecule has 2 nitrogen and oxygen atoms in total. The van der Waals surface area contributed by atoms with Crippen molar-refractivity contribution in [3.05, 3.63) is 57.0 Å². The smallest absolute Gasteiger partial charge is 0.133 e. The number of ether oxygens (including phenoxy) is 1. The summed E-state index contributed by atoms with van der Waals surface area (Å²) in [5.74, 6) is 1.27. The van der Waals surface area contributed by atoms with E-state index in [4.69, 9.17) is 39.5 Å². The van der Waals surface area contributed by atoms with Crippen molar-refractivity contribution in [3.8, 4) is 11.5 Å². The van der Waals surface area contributed by atoms with Crippen molar-refractivity contribution >= 4 is 34.8 Å². The van der Waals surface area contributed by atoms with Crippen molar-refractivity contribution in [2.75, 3.05) is 0 Å². The molecule has 0 aliphatic heterocycles. The Hall–Kier alpha value is -0.930. The Balaban J connectivity index is 2.28. The normalized spacial score (nSPS) is 11.0. The Morgan fingerprint density at radius 2 is 1.71 bits per heavy atom. The molecule has 0 bridgehead atoms. The number of hydrogen-bond donors (Lipinski definition) is 1. The summed E-state index contributed by atoms with van der Waals surface area (Å²) in [6.45, 7) is 4.78. The van der Waals surface area contributed by atoms with Gasteiger partial charge >= 0.3 is 0 Å². The molecule has 0 spiro atoms. The molecular formula is C16H16Cl3NO. The fourth-order valence-electron chi connectivity index (χ4n) is 1.83. The second kappa shape index (κ2) is 7.37. The fourth-order valence-corrected chi connectivity index (χ4v) is 2.57. The van der Waals surface area contributed by atoms with Crippen molar-refractivity contribution in [1.29, 1.82) is 0 Å². The molecule has 0 fully saturated rings. The second-order valence-corrected chi connectivity index (χ2v) is 6.24. The first-order chi connectivity index (χ1) is 9.95. The third kappa shape index (κ3) is 4.79. The molecule has 0 aromatic heterocycles. The zero-order valence-electron chi connectivity index (χ0n) is 11.8. The molecule has 0 heterocycles. The molecule has 1 N–H and O–H groups in total. The maximum absolute atomic E-state index is 6.27. The van der Waals surface area contributed by atoms with Gasteiger partial charge in [-0.15, -0.1) is 0 Å². The van der Waals surface area contributed by atoms with Crippen molar-refractivity contribution in [1.82, 2.24) is 5.32 Å². The van der Waals surface area contributed by atoms with E-state index in [1.54, 1.807) is 18.2 Å². The van der Waals surface area contributed by atoms with Gasteiger partial charge in [0.2, 0.25) is 0 Å². The summed E-state index contributed by atoms with van der Waals surface area (Å²) in [6, 6.07) is 11.0. The van der Waals surface area contributed by atoms with Gasteiger partial charge in [-0.25, -0.2) is 0 Å². The monoisotopic (exact) mass is 343 g/mol. The Bertz CT molecular complexity index is 609. The Morgan fingerprint density at radius 3 is 2.33 bits per heavy atom. The Labute approximate surface area is 140 Å². The van der Waals surface area contributed by atoms with Gasteiger partial charge in [0.15, 0.2) is 0 Å². The van der Waals surface area contributed by atoms with Gasteiger partial charge in [-0.2, -0.15) is 0 Å². The van der Waals surface area contributed by atoms with E-state index < -0.39 is 0 Å². The summed E-state index contributed by atoms with van der Waals surface area (Å²) in [7, 11) is 0. The molecule has 0 radical (unpaired) electrons. The summed E-state index contributed by atoms with van der Waals surface area (Å²) in [4.78, 5) is 0. The minimum absolute atomic E-state index is 0.356. The Kier molecular flexibility index (Phi) is 5.77. The number of halogens is 3. The molecule has 0 aliphatic carbocycles. The summed E-state index contributed by atoms with van der Waals surface area (Å²) in [5.41, 5.74) is 0.906. The molecular weight excluding hydrogens is 329 g/mol. The van der Waals surface area contributed by atoms with E-state index in [-0.39, 0.29) is 0 Å². The highest BCUT2D eigenvalue weighted by molar-refractivity contribution is 6.34. The van der Waals surface area contributed by atoms with Gasteiger partial charge in [-0.05, 0) is 30.3 Å². The quantitative estimate of drug-likeness (QED) is 0.725. The van der Waals surface area contributed by atoms with E-state index >= 15 is 0 Å². The van der Waals surface area contributed by atoms with Crippen LogP contribution in [0.1, 0.15) is 19.4 Å². The van der Waals surface area contributed by atoms with Gasteiger partial charge in [0.1, 0.15) is 11.5 Å². The van der Waals surface area contributed by atoms with Crippen LogP contribution in [0.25, 0.3) is 0 Å². The minimum Gasteiger partial charge on any atom is -0.457 e. The van der Waals surface area contributed by atoms with Crippen molar-refractivity contribution in [2.45, 2.75) is 26.4 Å². The van der Waals surface area contributed by atoms with E-state index in [9.17, 15) is 0 Å². The fraction of sp³-hybridized carbons (Fsp3) is 0.250. The zero-order valence-corrected chi connectivity index (χ0v) is 14.1. The predicted molar refractivity (Wildman–Crippen MR) is 90.0 cm³/mol. The summed E-state index contributed by atoms with van der Waals surface area (Å²) >= 11 is 18.2. The minimum atomic E-state index is 0.356. The third-order valence-electron chi connectivity index (χ3n) is 2.83. The molecule has 112 valence electrons. The van der Waals surface area contributed by atoms with Gasteiger partial charge in [-0.1, -0.05) is 54.7 Å². The Morgan fingerprint density at radius 1 is 1.05 bits per heavy atom. The predicted octanol–water partition coefficient (Wildman–Crippen LogP) is 5.94. The van der Waals surface area contributed by atoms with Crippen molar-refractivity contribution in [3.63, 3.8) is 0 Å². The SMILES string of the molecule is CC(C)NCc1c(Cl)cccc1Oc1cc(Cl)cc(Cl)c1. The van der Waals surface area contributed by atoms with E-state index in [1.807, 2.05) is 18.2 Å². The molecule has 0 saturated heterocycles. The zero-order chi connectivity index (χ0) is 15.4. The average molecular weight is 345 g/mol. The van der Waals surface area contributed by atoms with Crippen LogP contribution >= 0.6 is 34.8 Å². The molecule has 0 amide bonds. The second-order valence-electron chi connectivity index (χ2n) is 4.96. The van der Waals surface area contributed by atoms with Crippen LogP contribution in [0.3, 0.4) is 0 Å². The van der Waals surface area contributed by atoms with Crippen LogP contribution in [-0.2, 0) is 6.54 Å². The number of rotatable bonds is 5. The van der Waals surface area contributed by atoms with E-state index in [2.05, 4.69) is 19.2 Å². The van der Waals surface area contributed by atoms with E-state index in [0.717, 1.165) is 5.56 Å². The highest BCUT2D eigenvalue weighted by Crippen LogP contribution is 2.33. The summed E-state index contributed by atoms with van der Waals surface area (Å²) in [6.07, 6.45) is 0. The lowest BCUT2D eigenvalue weighted by Gasteiger charge is -2.15. The van der Waals surface area contributed by atoms with Gasteiger partial charge in [0.05, 0.1) is 0 Å². The van der Waals surface area contributed by atoms with Crippen molar-refractivity contribution in [2.24, 2.45) is 0 Å². The van der Waals surface area contributed by atoms with Gasteiger partial charge in [0.25, 0.3) is 0 Å². The van der Waals surface area contributed by atoms with Crippen LogP contribution in [-0.4, -0.2) is 6.04 Å². The molecule has 21 heavy (non-hydrogen) atoms. The standard InChI is InChI=1S/C16H16Cl3NO/c1-10(2)20-9-14-15(19)4-3-5-16(14)21-13-7-11(17)6-12(18)8-13/h3-8,10,20H,9H2,1-2H3. The molecule has 0 aliphatic rings. The van der Waals surface area contributed by atoms with Crippen molar-refractivity contribution < 1.29 is 4.74 Å². The average Bonchev–Trinajstić information content (AvgIpc) is 2.36. The van der Waals surface area contributed by atoms with Crippen LogP contribution < -0.4 is 10.1 Å². The highest BCUT2D eigenvalue weighted by Gasteiger charge is 2.10. The third-order valence-corrected chi connectivity index (χ3v) is 3.62. The van der Waals surface area contributed by atoms with E-state index in [0.29, 0.717) is 39.2 Å². The van der Waals surface area contributed by atoms with Crippen LogP contribution in [0.2, 0.25) is 15.1 Å².